The maximum Gasteiger partial charge on any atom is 0.250 e. The molecule has 0 radical (unpaired) electrons. The minimum atomic E-state index is -3.46. The Morgan fingerprint density at radius 1 is 1.10 bits per heavy atom. The molecule has 0 fully saturated rings. The quantitative estimate of drug-likeness (QED) is 0.818. The van der Waals surface area contributed by atoms with Crippen LogP contribution in [0.2, 0.25) is 0 Å². The first-order valence-electron chi connectivity index (χ1n) is 6.32. The van der Waals surface area contributed by atoms with Gasteiger partial charge in [-0.3, -0.25) is 0 Å². The van der Waals surface area contributed by atoms with E-state index in [9.17, 15) is 8.42 Å². The van der Waals surface area contributed by atoms with Crippen molar-refractivity contribution in [2.24, 2.45) is 0 Å². The summed E-state index contributed by atoms with van der Waals surface area (Å²) in [6.45, 7) is 2.43. The molecule has 0 aliphatic carbocycles. The lowest BCUT2D eigenvalue weighted by Gasteiger charge is -2.02. The van der Waals surface area contributed by atoms with Crippen LogP contribution < -0.4 is 4.72 Å². The molecule has 0 atom stereocenters. The fourth-order valence-corrected chi connectivity index (χ4v) is 5.08. The Hall–Kier alpha value is -0.730. The molecular weight excluding hydrogens is 314 g/mol. The van der Waals surface area contributed by atoms with E-state index in [0.29, 0.717) is 17.2 Å². The average molecular weight is 331 g/mol. The van der Waals surface area contributed by atoms with Gasteiger partial charge in [0.05, 0.1) is 0 Å². The van der Waals surface area contributed by atoms with E-state index in [4.69, 9.17) is 5.11 Å². The van der Waals surface area contributed by atoms with Gasteiger partial charge in [0, 0.05) is 34.2 Å². The molecule has 0 bridgehead atoms. The zero-order chi connectivity index (χ0) is 14.6. The van der Waals surface area contributed by atoms with Crippen LogP contribution in [0.1, 0.15) is 21.6 Å². The van der Waals surface area contributed by atoms with Gasteiger partial charge in [-0.1, -0.05) is 6.92 Å². The van der Waals surface area contributed by atoms with Gasteiger partial charge in [0.2, 0.25) is 10.0 Å². The van der Waals surface area contributed by atoms with Crippen LogP contribution in [0.5, 0.6) is 0 Å². The molecular formula is C13H17NO3S3. The molecule has 0 aliphatic rings. The van der Waals surface area contributed by atoms with Crippen molar-refractivity contribution in [2.45, 2.75) is 30.5 Å². The highest BCUT2D eigenvalue weighted by Gasteiger charge is 2.16. The Morgan fingerprint density at radius 3 is 2.45 bits per heavy atom. The SMILES string of the molecule is CCc1ccc(CNS(=O)(=O)c2ccc(CCO)s2)s1. The first-order chi connectivity index (χ1) is 9.55. The van der Waals surface area contributed by atoms with E-state index >= 15 is 0 Å². The molecule has 2 N–H and O–H groups in total. The summed E-state index contributed by atoms with van der Waals surface area (Å²) in [4.78, 5) is 3.13. The molecule has 0 amide bonds. The highest BCUT2D eigenvalue weighted by Crippen LogP contribution is 2.23. The Morgan fingerprint density at radius 2 is 1.80 bits per heavy atom. The van der Waals surface area contributed by atoms with Crippen LogP contribution >= 0.6 is 22.7 Å². The lowest BCUT2D eigenvalue weighted by molar-refractivity contribution is 0.300. The van der Waals surface area contributed by atoms with Crippen molar-refractivity contribution in [3.8, 4) is 0 Å². The third-order valence-electron chi connectivity index (χ3n) is 2.76. The van der Waals surface area contributed by atoms with E-state index in [-0.39, 0.29) is 6.61 Å². The Labute approximate surface area is 127 Å². The molecule has 110 valence electrons. The Balaban J connectivity index is 2.02. The number of thiophene rings is 2. The molecule has 0 unspecified atom stereocenters. The predicted molar refractivity (Wildman–Crippen MR) is 82.8 cm³/mol. The molecule has 0 saturated heterocycles. The topological polar surface area (TPSA) is 66.4 Å². The van der Waals surface area contributed by atoms with E-state index in [0.717, 1.165) is 16.2 Å². The summed E-state index contributed by atoms with van der Waals surface area (Å²) >= 11 is 2.83. The van der Waals surface area contributed by atoms with Crippen LogP contribution in [-0.2, 0) is 29.4 Å². The van der Waals surface area contributed by atoms with E-state index in [1.165, 1.54) is 16.2 Å². The predicted octanol–water partition coefficient (Wildman–Crippen LogP) is 2.39. The van der Waals surface area contributed by atoms with Crippen molar-refractivity contribution in [3.63, 3.8) is 0 Å². The number of rotatable bonds is 7. The fraction of sp³-hybridized carbons (Fsp3) is 0.385. The molecule has 0 aliphatic heterocycles. The van der Waals surface area contributed by atoms with Gasteiger partial charge in [-0.15, -0.1) is 22.7 Å². The van der Waals surface area contributed by atoms with Crippen molar-refractivity contribution in [2.75, 3.05) is 6.61 Å². The zero-order valence-electron chi connectivity index (χ0n) is 11.1. The summed E-state index contributed by atoms with van der Waals surface area (Å²) in [5, 5.41) is 8.85. The van der Waals surface area contributed by atoms with E-state index in [1.807, 2.05) is 12.1 Å². The Bertz CT molecular complexity index is 658. The van der Waals surface area contributed by atoms with Crippen molar-refractivity contribution >= 4 is 32.7 Å². The van der Waals surface area contributed by atoms with Crippen molar-refractivity contribution in [3.05, 3.63) is 38.9 Å². The summed E-state index contributed by atoms with van der Waals surface area (Å²) in [6, 6.07) is 7.32. The van der Waals surface area contributed by atoms with Crippen molar-refractivity contribution in [1.29, 1.82) is 0 Å². The maximum absolute atomic E-state index is 12.1. The van der Waals surface area contributed by atoms with Gasteiger partial charge in [0.1, 0.15) is 4.21 Å². The molecule has 2 rings (SSSR count). The summed E-state index contributed by atoms with van der Waals surface area (Å²) in [5.74, 6) is 0. The van der Waals surface area contributed by atoms with Crippen LogP contribution in [0.4, 0.5) is 0 Å². The highest BCUT2D eigenvalue weighted by atomic mass is 32.2. The standard InChI is InChI=1S/C13H17NO3S3/c1-2-10-3-4-12(18-10)9-14-20(16,17)13-6-5-11(19-13)7-8-15/h3-6,14-15H,2,7-9H2,1H3. The van der Waals surface area contributed by atoms with Crippen molar-refractivity contribution in [1.82, 2.24) is 4.72 Å². The monoisotopic (exact) mass is 331 g/mol. The van der Waals surface area contributed by atoms with Crippen LogP contribution in [0.3, 0.4) is 0 Å². The van der Waals surface area contributed by atoms with Gasteiger partial charge >= 0.3 is 0 Å². The molecule has 0 spiro atoms. The van der Waals surface area contributed by atoms with Crippen LogP contribution in [0.25, 0.3) is 0 Å². The minimum absolute atomic E-state index is 0.0302. The molecule has 2 aromatic heterocycles. The second-order valence-electron chi connectivity index (χ2n) is 4.24. The van der Waals surface area contributed by atoms with Gasteiger partial charge in [-0.05, 0) is 30.7 Å². The smallest absolute Gasteiger partial charge is 0.250 e. The summed E-state index contributed by atoms with van der Waals surface area (Å²) in [6.07, 6.45) is 1.46. The third kappa shape index (κ3) is 3.89. The average Bonchev–Trinajstić information content (AvgIpc) is 3.06. The lowest BCUT2D eigenvalue weighted by atomic mass is 10.4. The number of sulfonamides is 1. The number of aliphatic hydroxyl groups excluding tert-OH is 1. The fourth-order valence-electron chi connectivity index (χ4n) is 1.69. The number of aryl methyl sites for hydroxylation is 1. The summed E-state index contributed by atoms with van der Waals surface area (Å²) < 4.78 is 27.2. The van der Waals surface area contributed by atoms with E-state index < -0.39 is 10.0 Å². The second kappa shape index (κ2) is 6.82. The maximum atomic E-state index is 12.1. The molecule has 2 heterocycles. The largest absolute Gasteiger partial charge is 0.396 e. The van der Waals surface area contributed by atoms with Crippen LogP contribution in [0, 0.1) is 0 Å². The molecule has 0 saturated carbocycles. The van der Waals surface area contributed by atoms with Crippen LogP contribution in [-0.4, -0.2) is 20.1 Å². The summed E-state index contributed by atoms with van der Waals surface area (Å²) in [5.41, 5.74) is 0. The minimum Gasteiger partial charge on any atom is -0.396 e. The molecule has 0 aromatic carbocycles. The first-order valence-corrected chi connectivity index (χ1v) is 9.43. The van der Waals surface area contributed by atoms with Gasteiger partial charge in [-0.25, -0.2) is 13.1 Å². The lowest BCUT2D eigenvalue weighted by Crippen LogP contribution is -2.21. The molecule has 2 aromatic rings. The molecule has 7 heteroatoms. The highest BCUT2D eigenvalue weighted by molar-refractivity contribution is 7.91. The third-order valence-corrected chi connectivity index (χ3v) is 7.03. The number of hydrogen-bond donors (Lipinski definition) is 2. The normalized spacial score (nSPS) is 11.9. The number of aliphatic hydroxyl groups is 1. The first kappa shape index (κ1) is 15.7. The van der Waals surface area contributed by atoms with Gasteiger partial charge in [0.25, 0.3) is 0 Å². The van der Waals surface area contributed by atoms with Gasteiger partial charge in [0.15, 0.2) is 0 Å². The van der Waals surface area contributed by atoms with Crippen molar-refractivity contribution < 1.29 is 13.5 Å². The summed E-state index contributed by atoms with van der Waals surface area (Å²) in [7, 11) is -3.46. The van der Waals surface area contributed by atoms with E-state index in [2.05, 4.69) is 11.6 Å². The molecule has 4 nitrogen and oxygen atoms in total. The van der Waals surface area contributed by atoms with E-state index in [1.54, 1.807) is 23.5 Å². The van der Waals surface area contributed by atoms with Gasteiger partial charge in [-0.2, -0.15) is 0 Å². The number of nitrogens with one attached hydrogen (secondary N) is 1. The second-order valence-corrected chi connectivity index (χ2v) is 8.66. The van der Waals surface area contributed by atoms with Crippen LogP contribution in [0.15, 0.2) is 28.5 Å². The van der Waals surface area contributed by atoms with Gasteiger partial charge < -0.3 is 5.11 Å². The molecule has 20 heavy (non-hydrogen) atoms. The Kier molecular flexibility index (Phi) is 5.34. The zero-order valence-corrected chi connectivity index (χ0v) is 13.6. The number of hydrogen-bond acceptors (Lipinski definition) is 5.